The predicted octanol–water partition coefficient (Wildman–Crippen LogP) is 13.5. The van der Waals surface area contributed by atoms with Gasteiger partial charge in [0.1, 0.15) is 0 Å². The molecule has 8 heteroatoms. The zero-order valence-electron chi connectivity index (χ0n) is 33.1. The summed E-state index contributed by atoms with van der Waals surface area (Å²) in [5.41, 5.74) is 8.33. The first-order chi connectivity index (χ1) is 30.7. The van der Waals surface area contributed by atoms with Gasteiger partial charge in [-0.05, 0) is 42.5 Å². The standard InChI is InChI=1S/C54H33N7S/c1-4-17-34(18-5-1)49-55-50(35-19-6-2-7-20-35)57-52(56-49)37-31-32-45(61-43-27-13-10-23-38(43)39-24-11-14-28-44(39)61)42(33-37)54-59-51(36-21-8-3-9-22-36)58-53(60-54)41-26-16-30-47-48(41)40-25-12-15-29-46(40)62-47/h1-33H. The Kier molecular flexibility index (Phi) is 8.53. The van der Waals surface area contributed by atoms with Gasteiger partial charge in [-0.2, -0.15) is 0 Å². The van der Waals surface area contributed by atoms with Gasteiger partial charge in [0.25, 0.3) is 0 Å². The van der Waals surface area contributed by atoms with E-state index in [9.17, 15) is 0 Å². The van der Waals surface area contributed by atoms with Crippen LogP contribution in [0.1, 0.15) is 0 Å². The molecule has 0 aliphatic heterocycles. The summed E-state index contributed by atoms with van der Waals surface area (Å²) in [6, 6.07) is 68.7. The number of benzene rings is 8. The normalized spacial score (nSPS) is 11.5. The van der Waals surface area contributed by atoms with Crippen molar-refractivity contribution in [2.45, 2.75) is 0 Å². The van der Waals surface area contributed by atoms with Crippen molar-refractivity contribution in [3.8, 4) is 74.0 Å². The van der Waals surface area contributed by atoms with Crippen molar-refractivity contribution in [2.75, 3.05) is 0 Å². The second-order valence-electron chi connectivity index (χ2n) is 15.1. The highest BCUT2D eigenvalue weighted by Gasteiger charge is 2.23. The van der Waals surface area contributed by atoms with Gasteiger partial charge in [-0.25, -0.2) is 29.9 Å². The van der Waals surface area contributed by atoms with E-state index in [0.29, 0.717) is 34.9 Å². The van der Waals surface area contributed by atoms with Gasteiger partial charge in [0.15, 0.2) is 34.9 Å². The first-order valence-electron chi connectivity index (χ1n) is 20.5. The second kappa shape index (κ2) is 14.8. The van der Waals surface area contributed by atoms with E-state index in [-0.39, 0.29) is 0 Å². The van der Waals surface area contributed by atoms with E-state index in [1.54, 1.807) is 11.3 Å². The third kappa shape index (κ3) is 6.12. The highest BCUT2D eigenvalue weighted by Crippen LogP contribution is 2.41. The SMILES string of the molecule is c1ccc(-c2nc(-c3ccccc3)nc(-c3ccc(-n4c5ccccc5c5ccccc54)c(-c4nc(-c5ccccc5)nc(-c5cccc6sc7ccccc7c56)n4)c3)n2)cc1. The van der Waals surface area contributed by atoms with Crippen molar-refractivity contribution in [3.05, 3.63) is 200 Å². The van der Waals surface area contributed by atoms with Gasteiger partial charge in [0.2, 0.25) is 0 Å². The lowest BCUT2D eigenvalue weighted by Crippen LogP contribution is -2.05. The molecule has 0 spiro atoms. The van der Waals surface area contributed by atoms with Crippen LogP contribution in [0.15, 0.2) is 200 Å². The summed E-state index contributed by atoms with van der Waals surface area (Å²) >= 11 is 1.78. The Morgan fingerprint density at radius 2 is 0.742 bits per heavy atom. The number of para-hydroxylation sites is 2. The lowest BCUT2D eigenvalue weighted by atomic mass is 10.0. The average Bonchev–Trinajstić information content (AvgIpc) is 3.90. The molecule has 0 unspecified atom stereocenters. The Hall–Kier alpha value is -8.20. The van der Waals surface area contributed by atoms with Gasteiger partial charge in [-0.3, -0.25) is 0 Å². The molecule has 0 amide bonds. The van der Waals surface area contributed by atoms with Crippen LogP contribution >= 0.6 is 11.3 Å². The number of aromatic nitrogens is 7. The lowest BCUT2D eigenvalue weighted by Gasteiger charge is -2.16. The highest BCUT2D eigenvalue weighted by molar-refractivity contribution is 7.25. The fourth-order valence-corrected chi connectivity index (χ4v) is 9.60. The maximum absolute atomic E-state index is 5.45. The average molecular weight is 812 g/mol. The first-order valence-corrected chi connectivity index (χ1v) is 21.3. The van der Waals surface area contributed by atoms with Crippen molar-refractivity contribution in [1.82, 2.24) is 34.5 Å². The number of hydrogen-bond acceptors (Lipinski definition) is 7. The smallest absolute Gasteiger partial charge is 0.166 e. The van der Waals surface area contributed by atoms with Crippen molar-refractivity contribution in [2.24, 2.45) is 0 Å². The number of rotatable bonds is 7. The Morgan fingerprint density at radius 3 is 1.32 bits per heavy atom. The third-order valence-corrected chi connectivity index (χ3v) is 12.5. The number of hydrogen-bond donors (Lipinski definition) is 0. The molecule has 0 aliphatic carbocycles. The maximum atomic E-state index is 5.45. The molecule has 290 valence electrons. The number of fused-ring (bicyclic) bond motifs is 6. The van der Waals surface area contributed by atoms with E-state index >= 15 is 0 Å². The predicted molar refractivity (Wildman–Crippen MR) is 253 cm³/mol. The van der Waals surface area contributed by atoms with Gasteiger partial charge in [0.05, 0.1) is 16.7 Å². The molecule has 0 fully saturated rings. The maximum Gasteiger partial charge on any atom is 0.166 e. The van der Waals surface area contributed by atoms with Crippen LogP contribution < -0.4 is 0 Å². The fraction of sp³-hybridized carbons (Fsp3) is 0. The molecular formula is C54H33N7S. The Labute approximate surface area is 360 Å². The van der Waals surface area contributed by atoms with Crippen molar-refractivity contribution >= 4 is 53.3 Å². The molecule has 12 aromatic rings. The topological polar surface area (TPSA) is 82.3 Å². The van der Waals surface area contributed by atoms with Gasteiger partial charge in [0, 0.05) is 64.3 Å². The Bertz CT molecular complexity index is 3530. The minimum Gasteiger partial charge on any atom is -0.309 e. The summed E-state index contributed by atoms with van der Waals surface area (Å²) in [6.07, 6.45) is 0. The van der Waals surface area contributed by atoms with E-state index in [1.165, 1.54) is 14.8 Å². The van der Waals surface area contributed by atoms with Crippen LogP contribution in [0.3, 0.4) is 0 Å². The van der Waals surface area contributed by atoms with Crippen LogP contribution in [0.5, 0.6) is 0 Å². The molecule has 4 heterocycles. The van der Waals surface area contributed by atoms with Crippen LogP contribution in [0, 0.1) is 0 Å². The molecule has 12 rings (SSSR count). The van der Waals surface area contributed by atoms with E-state index in [1.807, 2.05) is 78.9 Å². The van der Waals surface area contributed by atoms with Crippen LogP contribution in [-0.2, 0) is 0 Å². The van der Waals surface area contributed by atoms with Crippen LogP contribution in [0.25, 0.3) is 116 Å². The molecular weight excluding hydrogens is 779 g/mol. The largest absolute Gasteiger partial charge is 0.309 e. The van der Waals surface area contributed by atoms with Gasteiger partial charge < -0.3 is 4.57 Å². The monoisotopic (exact) mass is 811 g/mol. The van der Waals surface area contributed by atoms with Gasteiger partial charge >= 0.3 is 0 Å². The van der Waals surface area contributed by atoms with Crippen molar-refractivity contribution in [1.29, 1.82) is 0 Å². The molecule has 0 radical (unpaired) electrons. The summed E-state index contributed by atoms with van der Waals surface area (Å²) in [5, 5.41) is 4.63. The second-order valence-corrected chi connectivity index (χ2v) is 16.2. The molecule has 0 aliphatic rings. The quantitative estimate of drug-likeness (QED) is 0.159. The summed E-state index contributed by atoms with van der Waals surface area (Å²) in [4.78, 5) is 31.3. The van der Waals surface area contributed by atoms with Gasteiger partial charge in [-0.1, -0.05) is 158 Å². The third-order valence-electron chi connectivity index (χ3n) is 11.3. The zero-order valence-corrected chi connectivity index (χ0v) is 33.9. The summed E-state index contributed by atoms with van der Waals surface area (Å²) in [5.74, 6) is 3.43. The molecule has 4 aromatic heterocycles. The minimum absolute atomic E-state index is 0.532. The van der Waals surface area contributed by atoms with Crippen molar-refractivity contribution in [3.63, 3.8) is 0 Å². The van der Waals surface area contributed by atoms with Crippen molar-refractivity contribution < 1.29 is 0 Å². The van der Waals surface area contributed by atoms with E-state index in [4.69, 9.17) is 29.9 Å². The zero-order chi connectivity index (χ0) is 41.0. The molecule has 7 nitrogen and oxygen atoms in total. The highest BCUT2D eigenvalue weighted by atomic mass is 32.1. The summed E-state index contributed by atoms with van der Waals surface area (Å²) < 4.78 is 4.72. The Balaban J connectivity index is 1.16. The molecule has 62 heavy (non-hydrogen) atoms. The number of thiophene rings is 1. The minimum atomic E-state index is 0.532. The fourth-order valence-electron chi connectivity index (χ4n) is 8.46. The molecule has 0 saturated carbocycles. The molecule has 0 saturated heterocycles. The summed E-state index contributed by atoms with van der Waals surface area (Å²) in [6.45, 7) is 0. The van der Waals surface area contributed by atoms with Crippen LogP contribution in [0.4, 0.5) is 0 Å². The molecule has 0 bridgehead atoms. The van der Waals surface area contributed by atoms with Crippen LogP contribution in [0.2, 0.25) is 0 Å². The molecule has 8 aromatic carbocycles. The van der Waals surface area contributed by atoms with E-state index in [2.05, 4.69) is 126 Å². The van der Waals surface area contributed by atoms with E-state index in [0.717, 1.165) is 66.3 Å². The number of nitrogens with zero attached hydrogens (tertiary/aromatic N) is 7. The molecule has 0 atom stereocenters. The van der Waals surface area contributed by atoms with Crippen LogP contribution in [-0.4, -0.2) is 34.5 Å². The Morgan fingerprint density at radius 1 is 0.306 bits per heavy atom. The van der Waals surface area contributed by atoms with Gasteiger partial charge in [-0.15, -0.1) is 11.3 Å². The van der Waals surface area contributed by atoms with E-state index < -0.39 is 0 Å². The molecule has 0 N–H and O–H groups in total. The first kappa shape index (κ1) is 35.7. The summed E-state index contributed by atoms with van der Waals surface area (Å²) in [7, 11) is 0. The lowest BCUT2D eigenvalue weighted by molar-refractivity contribution is 1.06.